The number of rotatable bonds is 3. The summed E-state index contributed by atoms with van der Waals surface area (Å²) in [6.07, 6.45) is 0.521. The second kappa shape index (κ2) is 7.25. The van der Waals surface area contributed by atoms with E-state index in [1.807, 2.05) is 26.1 Å². The predicted octanol–water partition coefficient (Wildman–Crippen LogP) is 5.33. The van der Waals surface area contributed by atoms with Crippen LogP contribution < -0.4 is 4.90 Å². The van der Waals surface area contributed by atoms with Gasteiger partial charge in [0.25, 0.3) is 0 Å². The quantitative estimate of drug-likeness (QED) is 0.673. The Morgan fingerprint density at radius 3 is 2.59 bits per heavy atom. The number of nitrogens with zero attached hydrogens (tertiary/aromatic N) is 1. The van der Waals surface area contributed by atoms with E-state index in [9.17, 15) is 4.79 Å². The molecule has 1 aromatic carbocycles. The van der Waals surface area contributed by atoms with Crippen molar-refractivity contribution >= 4 is 57.8 Å². The number of carbonyl (C=O) groups is 1. The second-order valence-corrected chi connectivity index (χ2v) is 9.65. The number of para-hydroxylation sites is 1. The average molecular weight is 367 g/mol. The number of thioether (sulfide) groups is 3. The van der Waals surface area contributed by atoms with Gasteiger partial charge < -0.3 is 4.90 Å². The van der Waals surface area contributed by atoms with Crippen molar-refractivity contribution in [1.82, 2.24) is 0 Å². The number of hydrogen-bond donors (Lipinski definition) is 0. The first kappa shape index (κ1) is 16.2. The Morgan fingerprint density at radius 1 is 1.14 bits per heavy atom. The Kier molecular flexibility index (Phi) is 5.33. The minimum absolute atomic E-state index is 0.0825. The first-order chi connectivity index (χ1) is 10.7. The molecule has 1 atom stereocenters. The number of anilines is 1. The smallest absolute Gasteiger partial charge is 0.226 e. The van der Waals surface area contributed by atoms with Crippen molar-refractivity contribution in [1.29, 1.82) is 0 Å². The third kappa shape index (κ3) is 3.15. The van der Waals surface area contributed by atoms with Gasteiger partial charge in [-0.15, -0.1) is 0 Å². The zero-order valence-electron chi connectivity index (χ0n) is 12.3. The molecule has 1 unspecified atom stereocenters. The molecule has 114 valence electrons. The lowest BCUT2D eigenvalue weighted by Gasteiger charge is -2.18. The average Bonchev–Trinajstić information content (AvgIpc) is 3.23. The van der Waals surface area contributed by atoms with Crippen LogP contribution in [-0.4, -0.2) is 13.0 Å². The van der Waals surface area contributed by atoms with Crippen LogP contribution in [0.25, 0.3) is 0 Å². The van der Waals surface area contributed by atoms with Gasteiger partial charge >= 0.3 is 0 Å². The van der Waals surface area contributed by atoms with E-state index in [-0.39, 0.29) is 16.8 Å². The maximum atomic E-state index is 12.1. The van der Waals surface area contributed by atoms with E-state index < -0.39 is 0 Å². The topological polar surface area (TPSA) is 20.3 Å². The molecule has 2 nitrogen and oxygen atoms in total. The summed E-state index contributed by atoms with van der Waals surface area (Å²) in [5, 5.41) is 8.69. The summed E-state index contributed by atoms with van der Waals surface area (Å²) in [4.78, 5) is 15.1. The normalized spacial score (nSPS) is 20.0. The summed E-state index contributed by atoms with van der Waals surface area (Å²) in [7, 11) is 1.79. The van der Waals surface area contributed by atoms with Gasteiger partial charge in [-0.05, 0) is 34.7 Å². The molecule has 0 spiro atoms. The lowest BCUT2D eigenvalue weighted by atomic mass is 10.3. The van der Waals surface area contributed by atoms with Crippen LogP contribution in [0.2, 0.25) is 0 Å². The molecular formula is C16H16NOS4+. The van der Waals surface area contributed by atoms with Crippen LogP contribution in [0.4, 0.5) is 5.69 Å². The fourth-order valence-corrected chi connectivity index (χ4v) is 8.22. The Balaban J connectivity index is 1.99. The molecule has 0 fully saturated rings. The van der Waals surface area contributed by atoms with Crippen LogP contribution in [0.1, 0.15) is 13.3 Å². The van der Waals surface area contributed by atoms with Gasteiger partial charge in [-0.3, -0.25) is 4.79 Å². The third-order valence-electron chi connectivity index (χ3n) is 3.28. The summed E-state index contributed by atoms with van der Waals surface area (Å²) >= 11 is 5.38. The number of hydrogen-bond acceptors (Lipinski definition) is 4. The van der Waals surface area contributed by atoms with Crippen molar-refractivity contribution < 1.29 is 4.79 Å². The van der Waals surface area contributed by atoms with Crippen molar-refractivity contribution in [2.24, 2.45) is 0 Å². The van der Waals surface area contributed by atoms with Gasteiger partial charge in [-0.1, -0.05) is 42.6 Å². The molecule has 0 N–H and O–H groups in total. The summed E-state index contributed by atoms with van der Waals surface area (Å²) < 4.78 is 2.75. The van der Waals surface area contributed by atoms with E-state index in [0.717, 1.165) is 5.69 Å². The molecule has 0 aliphatic carbocycles. The summed E-state index contributed by atoms with van der Waals surface area (Å²) in [5.41, 5.74) is 1.02. The van der Waals surface area contributed by atoms with Crippen LogP contribution in [0, 0.1) is 0 Å². The highest BCUT2D eigenvalue weighted by molar-refractivity contribution is 8.32. The highest BCUT2D eigenvalue weighted by Gasteiger charge is 2.37. The predicted molar refractivity (Wildman–Crippen MR) is 104 cm³/mol. The number of carbonyl (C=O) groups excluding carboxylic acids is 1. The highest BCUT2D eigenvalue weighted by Crippen LogP contribution is 2.51. The molecule has 3 rings (SSSR count). The molecule has 0 radical (unpaired) electrons. The minimum atomic E-state index is -0.0825. The van der Waals surface area contributed by atoms with Gasteiger partial charge in [0, 0.05) is 18.9 Å². The fraction of sp³-hybridized carbons (Fsp3) is 0.188. The third-order valence-corrected chi connectivity index (χ3v) is 9.45. The second-order valence-electron chi connectivity index (χ2n) is 4.58. The van der Waals surface area contributed by atoms with Crippen LogP contribution in [-0.2, 0) is 15.7 Å². The van der Waals surface area contributed by atoms with Crippen molar-refractivity contribution in [3.05, 3.63) is 54.4 Å². The van der Waals surface area contributed by atoms with Crippen molar-refractivity contribution in [3.63, 3.8) is 0 Å². The van der Waals surface area contributed by atoms with Crippen LogP contribution in [0.5, 0.6) is 0 Å². The Hall–Kier alpha value is -0.690. The van der Waals surface area contributed by atoms with Gasteiger partial charge in [0.2, 0.25) is 10.1 Å². The summed E-state index contributed by atoms with van der Waals surface area (Å²) in [6.45, 7) is 1.90. The summed E-state index contributed by atoms with van der Waals surface area (Å²) in [5.74, 6) is 0.146. The van der Waals surface area contributed by atoms with E-state index in [2.05, 4.69) is 33.8 Å². The Bertz CT molecular complexity index is 670. The summed E-state index contributed by atoms with van der Waals surface area (Å²) in [6, 6.07) is 8.25. The molecule has 22 heavy (non-hydrogen) atoms. The first-order valence-corrected chi connectivity index (χ1v) is 10.8. The van der Waals surface area contributed by atoms with Crippen molar-refractivity contribution in [3.8, 4) is 0 Å². The van der Waals surface area contributed by atoms with Crippen molar-refractivity contribution in [2.75, 3.05) is 11.9 Å². The molecule has 1 amide bonds. The number of benzene rings is 1. The molecular weight excluding hydrogens is 350 g/mol. The van der Waals surface area contributed by atoms with E-state index >= 15 is 0 Å². The van der Waals surface area contributed by atoms with Gasteiger partial charge in [-0.25, -0.2) is 0 Å². The maximum Gasteiger partial charge on any atom is 0.226 e. The van der Waals surface area contributed by atoms with E-state index in [4.69, 9.17) is 0 Å². The zero-order chi connectivity index (χ0) is 15.5. The van der Waals surface area contributed by atoms with Crippen molar-refractivity contribution in [2.45, 2.75) is 18.2 Å². The van der Waals surface area contributed by atoms with E-state index in [0.29, 0.717) is 6.42 Å². The largest absolute Gasteiger partial charge is 0.311 e. The molecule has 1 aromatic rings. The standard InChI is InChI=1S/C16H16NOS4/c1-3-14(18)17(2)12-6-4-5-7-13(12)22-11-10-21-16(22)15-19-8-9-20-15/h4-11H,3H2,1-2H3/q+1. The van der Waals surface area contributed by atoms with E-state index in [1.54, 1.807) is 40.2 Å². The van der Waals surface area contributed by atoms with Gasteiger partial charge in [0.1, 0.15) is 20.5 Å². The Labute approximate surface area is 146 Å². The molecule has 2 heterocycles. The molecule has 0 aromatic heterocycles. The lowest BCUT2D eigenvalue weighted by molar-refractivity contribution is -0.118. The van der Waals surface area contributed by atoms with Gasteiger partial charge in [-0.2, -0.15) is 0 Å². The molecule has 2 aliphatic heterocycles. The highest BCUT2D eigenvalue weighted by atomic mass is 32.2. The maximum absolute atomic E-state index is 12.1. The number of amides is 1. The Morgan fingerprint density at radius 2 is 1.86 bits per heavy atom. The molecule has 6 heteroatoms. The molecule has 0 saturated carbocycles. The SMILES string of the molecule is CCC(=O)N(C)c1ccccc1[S+]1C=CSC1=C1SC=CS1. The monoisotopic (exact) mass is 366 g/mol. The van der Waals surface area contributed by atoms with E-state index in [1.165, 1.54) is 13.4 Å². The minimum Gasteiger partial charge on any atom is -0.311 e. The molecule has 0 saturated heterocycles. The lowest BCUT2D eigenvalue weighted by Crippen LogP contribution is -2.26. The fourth-order valence-electron chi connectivity index (χ4n) is 2.16. The zero-order valence-corrected chi connectivity index (χ0v) is 15.6. The van der Waals surface area contributed by atoms with Gasteiger partial charge in [0.15, 0.2) is 4.90 Å². The van der Waals surface area contributed by atoms with Crippen LogP contribution >= 0.6 is 35.3 Å². The molecule has 2 aliphatic rings. The molecule has 0 bridgehead atoms. The van der Waals surface area contributed by atoms with Crippen LogP contribution in [0.3, 0.4) is 0 Å². The van der Waals surface area contributed by atoms with Crippen LogP contribution in [0.15, 0.2) is 59.3 Å². The first-order valence-electron chi connectivity index (χ1n) is 6.87. The van der Waals surface area contributed by atoms with Gasteiger partial charge in [0.05, 0.1) is 5.69 Å².